The number of anilines is 1. The van der Waals surface area contributed by atoms with Gasteiger partial charge in [-0.25, -0.2) is 4.79 Å². The van der Waals surface area contributed by atoms with Crippen LogP contribution in [0.3, 0.4) is 0 Å². The molecule has 0 saturated carbocycles. The Morgan fingerprint density at radius 3 is 2.62 bits per heavy atom. The van der Waals surface area contributed by atoms with Crippen LogP contribution in [0, 0.1) is 6.92 Å². The maximum atomic E-state index is 12.2. The second kappa shape index (κ2) is 6.37. The molecule has 0 saturated heterocycles. The third kappa shape index (κ3) is 3.32. The zero-order valence-electron chi connectivity index (χ0n) is 13.0. The van der Waals surface area contributed by atoms with Gasteiger partial charge in [-0.15, -0.1) is 0 Å². The molecule has 0 aliphatic heterocycles. The molecular formula is C16H14N4O4. The summed E-state index contributed by atoms with van der Waals surface area (Å²) in [5.74, 6) is 0.995. The summed E-state index contributed by atoms with van der Waals surface area (Å²) in [6.45, 7) is 1.71. The van der Waals surface area contributed by atoms with Gasteiger partial charge in [-0.2, -0.15) is 4.98 Å². The van der Waals surface area contributed by atoms with Crippen LogP contribution in [0.2, 0.25) is 0 Å². The van der Waals surface area contributed by atoms with E-state index in [2.05, 4.69) is 20.4 Å². The number of hydrogen-bond donors (Lipinski definition) is 2. The quantitative estimate of drug-likeness (QED) is 0.758. The molecule has 0 aliphatic carbocycles. The molecule has 0 unspecified atom stereocenters. The standard InChI is InChI=1S/C16H14N4O4/c1-9-7-14(20-24-9)19-15(21)13-8-12(17-16(22)18-13)10-3-5-11(23-2)6-4-10/h3-8H,1-2H3,(H,17,18,22)(H,19,20,21). The van der Waals surface area contributed by atoms with Gasteiger partial charge in [0.05, 0.1) is 12.8 Å². The van der Waals surface area contributed by atoms with Gasteiger partial charge in [0.15, 0.2) is 5.82 Å². The van der Waals surface area contributed by atoms with Gasteiger partial charge in [-0.1, -0.05) is 5.16 Å². The number of benzene rings is 1. The number of ether oxygens (including phenoxy) is 1. The number of aryl methyl sites for hydroxylation is 1. The lowest BCUT2D eigenvalue weighted by Gasteiger charge is -2.05. The number of hydrogen-bond acceptors (Lipinski definition) is 6. The predicted octanol–water partition coefficient (Wildman–Crippen LogP) is 1.99. The van der Waals surface area contributed by atoms with Crippen LogP contribution in [-0.4, -0.2) is 28.1 Å². The predicted molar refractivity (Wildman–Crippen MR) is 86.0 cm³/mol. The molecule has 0 aliphatic rings. The van der Waals surface area contributed by atoms with Gasteiger partial charge in [0.1, 0.15) is 17.2 Å². The minimum atomic E-state index is -0.621. The fraction of sp³-hybridized carbons (Fsp3) is 0.125. The number of aromatic nitrogens is 3. The second-order valence-electron chi connectivity index (χ2n) is 4.99. The molecule has 0 atom stereocenters. The SMILES string of the molecule is COc1ccc(-c2cc(C(=O)Nc3cc(C)on3)[nH]c(=O)n2)cc1. The van der Waals surface area contributed by atoms with Crippen LogP contribution in [-0.2, 0) is 0 Å². The number of rotatable bonds is 4. The first-order valence-electron chi connectivity index (χ1n) is 7.05. The van der Waals surface area contributed by atoms with Gasteiger partial charge < -0.3 is 19.6 Å². The third-order valence-corrected chi connectivity index (χ3v) is 3.24. The first-order valence-corrected chi connectivity index (χ1v) is 7.05. The highest BCUT2D eigenvalue weighted by atomic mass is 16.5. The largest absolute Gasteiger partial charge is 0.497 e. The summed E-state index contributed by atoms with van der Waals surface area (Å²) in [5.41, 5.74) is 0.516. The van der Waals surface area contributed by atoms with Gasteiger partial charge in [-0.3, -0.25) is 4.79 Å². The van der Waals surface area contributed by atoms with Crippen LogP contribution in [0.1, 0.15) is 16.2 Å². The summed E-state index contributed by atoms with van der Waals surface area (Å²) in [7, 11) is 1.56. The first-order chi connectivity index (χ1) is 11.5. The van der Waals surface area contributed by atoms with Crippen LogP contribution in [0.15, 0.2) is 45.7 Å². The summed E-state index contributed by atoms with van der Waals surface area (Å²) < 4.78 is 9.97. The summed E-state index contributed by atoms with van der Waals surface area (Å²) in [4.78, 5) is 30.3. The number of carbonyl (C=O) groups is 1. The minimum absolute atomic E-state index is 0.0708. The highest BCUT2D eigenvalue weighted by Crippen LogP contribution is 2.20. The van der Waals surface area contributed by atoms with E-state index in [0.29, 0.717) is 22.8 Å². The highest BCUT2D eigenvalue weighted by molar-refractivity contribution is 6.02. The Morgan fingerprint density at radius 1 is 1.25 bits per heavy atom. The van der Waals surface area contributed by atoms with Crippen molar-refractivity contribution in [2.75, 3.05) is 12.4 Å². The number of nitrogens with one attached hydrogen (secondary N) is 2. The van der Waals surface area contributed by atoms with Crippen LogP contribution < -0.4 is 15.7 Å². The van der Waals surface area contributed by atoms with Gasteiger partial charge in [0.2, 0.25) is 0 Å². The lowest BCUT2D eigenvalue weighted by molar-refractivity contribution is 0.102. The number of carbonyl (C=O) groups excluding carboxylic acids is 1. The summed E-state index contributed by atoms with van der Waals surface area (Å²) in [6, 6.07) is 10.1. The van der Waals surface area contributed by atoms with Gasteiger partial charge >= 0.3 is 5.69 Å². The molecule has 8 heteroatoms. The molecule has 8 nitrogen and oxygen atoms in total. The Kier molecular flexibility index (Phi) is 4.11. The van der Waals surface area contributed by atoms with Crippen molar-refractivity contribution >= 4 is 11.7 Å². The lowest BCUT2D eigenvalue weighted by atomic mass is 10.1. The van der Waals surface area contributed by atoms with Crippen LogP contribution in [0.5, 0.6) is 5.75 Å². The van der Waals surface area contributed by atoms with Crippen molar-refractivity contribution in [1.29, 1.82) is 0 Å². The summed E-state index contributed by atoms with van der Waals surface area (Å²) in [5, 5.41) is 6.22. The molecule has 0 fully saturated rings. The number of H-pyrrole nitrogens is 1. The maximum absolute atomic E-state index is 12.2. The van der Waals surface area contributed by atoms with Crippen molar-refractivity contribution in [2.24, 2.45) is 0 Å². The average Bonchev–Trinajstić information content (AvgIpc) is 2.99. The number of methoxy groups -OCH3 is 1. The molecule has 0 radical (unpaired) electrons. The Hall–Kier alpha value is -3.42. The number of aromatic amines is 1. The van der Waals surface area contributed by atoms with E-state index in [9.17, 15) is 9.59 Å². The zero-order valence-corrected chi connectivity index (χ0v) is 13.0. The topological polar surface area (TPSA) is 110 Å². The molecule has 24 heavy (non-hydrogen) atoms. The minimum Gasteiger partial charge on any atom is -0.497 e. The Morgan fingerprint density at radius 2 is 2.00 bits per heavy atom. The molecule has 122 valence electrons. The average molecular weight is 326 g/mol. The smallest absolute Gasteiger partial charge is 0.346 e. The van der Waals surface area contributed by atoms with Crippen LogP contribution in [0.25, 0.3) is 11.3 Å². The number of amides is 1. The Labute approximate surface area is 136 Å². The van der Waals surface area contributed by atoms with Crippen molar-refractivity contribution in [1.82, 2.24) is 15.1 Å². The summed E-state index contributed by atoms with van der Waals surface area (Å²) >= 11 is 0. The molecule has 3 rings (SSSR count). The Bertz CT molecular complexity index is 928. The molecule has 1 amide bonds. The maximum Gasteiger partial charge on any atom is 0.346 e. The fourth-order valence-corrected chi connectivity index (χ4v) is 2.10. The second-order valence-corrected chi connectivity index (χ2v) is 4.99. The molecule has 1 aromatic carbocycles. The van der Waals surface area contributed by atoms with E-state index < -0.39 is 11.6 Å². The van der Waals surface area contributed by atoms with Crippen molar-refractivity contribution in [3.8, 4) is 17.0 Å². The lowest BCUT2D eigenvalue weighted by Crippen LogP contribution is -2.21. The van der Waals surface area contributed by atoms with Crippen molar-refractivity contribution in [3.63, 3.8) is 0 Å². The molecule has 0 bridgehead atoms. The van der Waals surface area contributed by atoms with Crippen LogP contribution in [0.4, 0.5) is 5.82 Å². The molecule has 3 aromatic rings. The van der Waals surface area contributed by atoms with Gasteiger partial charge in [0, 0.05) is 11.6 Å². The van der Waals surface area contributed by atoms with E-state index in [-0.39, 0.29) is 11.5 Å². The van der Waals surface area contributed by atoms with Crippen molar-refractivity contribution in [3.05, 3.63) is 58.3 Å². The molecule has 2 aromatic heterocycles. The molecular weight excluding hydrogens is 312 g/mol. The Balaban J connectivity index is 1.90. The van der Waals surface area contributed by atoms with E-state index >= 15 is 0 Å². The van der Waals surface area contributed by atoms with Gasteiger partial charge in [-0.05, 0) is 37.3 Å². The van der Waals surface area contributed by atoms with Crippen molar-refractivity contribution in [2.45, 2.75) is 6.92 Å². The molecule has 2 N–H and O–H groups in total. The molecule has 2 heterocycles. The summed E-state index contributed by atoms with van der Waals surface area (Å²) in [6.07, 6.45) is 0. The number of nitrogens with zero attached hydrogens (tertiary/aromatic N) is 2. The molecule has 0 spiro atoms. The van der Waals surface area contributed by atoms with E-state index in [4.69, 9.17) is 9.26 Å². The van der Waals surface area contributed by atoms with E-state index in [1.54, 1.807) is 44.4 Å². The van der Waals surface area contributed by atoms with E-state index in [1.807, 2.05) is 0 Å². The fourth-order valence-electron chi connectivity index (χ4n) is 2.10. The highest BCUT2D eigenvalue weighted by Gasteiger charge is 2.13. The van der Waals surface area contributed by atoms with Crippen LogP contribution >= 0.6 is 0 Å². The first kappa shape index (κ1) is 15.5. The zero-order chi connectivity index (χ0) is 17.1. The van der Waals surface area contributed by atoms with E-state index in [0.717, 1.165) is 0 Å². The van der Waals surface area contributed by atoms with E-state index in [1.165, 1.54) is 6.07 Å². The van der Waals surface area contributed by atoms with Crippen molar-refractivity contribution < 1.29 is 14.1 Å². The van der Waals surface area contributed by atoms with Gasteiger partial charge in [0.25, 0.3) is 5.91 Å². The monoisotopic (exact) mass is 326 g/mol. The third-order valence-electron chi connectivity index (χ3n) is 3.24. The normalized spacial score (nSPS) is 10.4.